The van der Waals surface area contributed by atoms with Crippen molar-refractivity contribution in [3.63, 3.8) is 0 Å². The predicted octanol–water partition coefficient (Wildman–Crippen LogP) is 1.78. The molecule has 0 aromatic rings. The second kappa shape index (κ2) is 8.47. The molecule has 0 amide bonds. The number of hydrogen-bond acceptors (Lipinski definition) is 4. The Morgan fingerprint density at radius 3 is 2.50 bits per heavy atom. The molecule has 0 unspecified atom stereocenters. The lowest BCUT2D eigenvalue weighted by molar-refractivity contribution is -0.139. The van der Waals surface area contributed by atoms with Crippen molar-refractivity contribution in [1.82, 2.24) is 0 Å². The van der Waals surface area contributed by atoms with E-state index in [1.54, 1.807) is 12.2 Å². The van der Waals surface area contributed by atoms with Crippen LogP contribution in [0.25, 0.3) is 0 Å². The highest BCUT2D eigenvalue weighted by molar-refractivity contribution is 5.95. The molecule has 0 spiro atoms. The summed E-state index contributed by atoms with van der Waals surface area (Å²) < 4.78 is 9.24. The van der Waals surface area contributed by atoms with E-state index in [-0.39, 0.29) is 12.2 Å². The Kier molecular flexibility index (Phi) is 7.49. The molecule has 0 rings (SSSR count). The number of carbonyl (C=O) groups excluding carboxylic acids is 2. The molecule has 0 fully saturated rings. The van der Waals surface area contributed by atoms with E-state index in [0.29, 0.717) is 0 Å². The lowest BCUT2D eigenvalue weighted by Crippen LogP contribution is -2.07. The number of rotatable bonds is 5. The van der Waals surface area contributed by atoms with E-state index in [2.05, 4.69) is 4.74 Å². The highest BCUT2D eigenvalue weighted by Crippen LogP contribution is 1.96. The van der Waals surface area contributed by atoms with Crippen molar-refractivity contribution in [2.75, 3.05) is 13.7 Å². The SMILES string of the molecule is C/C=C/C=C/COC(=O)/C=C(/C)C(=O)OC. The first-order valence-corrected chi connectivity index (χ1v) is 4.83. The molecular weight excluding hydrogens is 208 g/mol. The van der Waals surface area contributed by atoms with Gasteiger partial charge in [0.1, 0.15) is 6.61 Å². The maximum absolute atomic E-state index is 11.1. The quantitative estimate of drug-likeness (QED) is 0.406. The van der Waals surface area contributed by atoms with E-state index in [4.69, 9.17) is 4.74 Å². The van der Waals surface area contributed by atoms with Gasteiger partial charge in [0.25, 0.3) is 0 Å². The summed E-state index contributed by atoms with van der Waals surface area (Å²) in [5.41, 5.74) is 0.213. The molecule has 0 heterocycles. The van der Waals surface area contributed by atoms with Gasteiger partial charge in [0, 0.05) is 11.6 Å². The summed E-state index contributed by atoms with van der Waals surface area (Å²) in [4.78, 5) is 22.1. The number of allylic oxidation sites excluding steroid dienone is 3. The summed E-state index contributed by atoms with van der Waals surface area (Å²) in [6, 6.07) is 0. The van der Waals surface area contributed by atoms with Gasteiger partial charge in [-0.3, -0.25) is 0 Å². The summed E-state index contributed by atoms with van der Waals surface area (Å²) in [7, 11) is 1.25. The van der Waals surface area contributed by atoms with Gasteiger partial charge in [-0.25, -0.2) is 9.59 Å². The first-order valence-electron chi connectivity index (χ1n) is 4.83. The Hall–Kier alpha value is -1.84. The van der Waals surface area contributed by atoms with Crippen molar-refractivity contribution in [2.45, 2.75) is 13.8 Å². The Balaban J connectivity index is 4.04. The molecule has 4 nitrogen and oxygen atoms in total. The standard InChI is InChI=1S/C12H16O4/c1-4-5-6-7-8-16-11(13)9-10(2)12(14)15-3/h4-7,9H,8H2,1-3H3/b5-4+,7-6+,10-9-. The largest absolute Gasteiger partial charge is 0.466 e. The van der Waals surface area contributed by atoms with Gasteiger partial charge >= 0.3 is 11.9 Å². The molecule has 88 valence electrons. The van der Waals surface area contributed by atoms with Gasteiger partial charge in [-0.1, -0.05) is 18.2 Å². The minimum absolute atomic E-state index is 0.175. The van der Waals surface area contributed by atoms with Crippen molar-refractivity contribution < 1.29 is 19.1 Å². The van der Waals surface area contributed by atoms with Gasteiger partial charge < -0.3 is 9.47 Å². The monoisotopic (exact) mass is 224 g/mol. The molecular formula is C12H16O4. The number of hydrogen-bond donors (Lipinski definition) is 0. The number of ether oxygens (including phenoxy) is 2. The normalized spacial score (nSPS) is 12.1. The van der Waals surface area contributed by atoms with E-state index in [0.717, 1.165) is 6.08 Å². The lowest BCUT2D eigenvalue weighted by atomic mass is 10.3. The van der Waals surface area contributed by atoms with Crippen molar-refractivity contribution in [3.05, 3.63) is 36.0 Å². The molecule has 0 aromatic heterocycles. The van der Waals surface area contributed by atoms with Crippen molar-refractivity contribution in [2.24, 2.45) is 0 Å². The van der Waals surface area contributed by atoms with Crippen LogP contribution in [0, 0.1) is 0 Å². The van der Waals surface area contributed by atoms with Crippen LogP contribution in [-0.4, -0.2) is 25.7 Å². The minimum Gasteiger partial charge on any atom is -0.466 e. The van der Waals surface area contributed by atoms with E-state index in [1.165, 1.54) is 14.0 Å². The van der Waals surface area contributed by atoms with Crippen LogP contribution in [0.1, 0.15) is 13.8 Å². The predicted molar refractivity (Wildman–Crippen MR) is 60.7 cm³/mol. The fraction of sp³-hybridized carbons (Fsp3) is 0.333. The number of esters is 2. The van der Waals surface area contributed by atoms with Crippen LogP contribution in [0.2, 0.25) is 0 Å². The zero-order chi connectivity index (χ0) is 12.4. The molecule has 0 radical (unpaired) electrons. The highest BCUT2D eigenvalue weighted by Gasteiger charge is 2.06. The second-order valence-electron chi connectivity index (χ2n) is 2.90. The van der Waals surface area contributed by atoms with E-state index < -0.39 is 11.9 Å². The Labute approximate surface area is 95.2 Å². The van der Waals surface area contributed by atoms with E-state index in [9.17, 15) is 9.59 Å². The maximum atomic E-state index is 11.1. The van der Waals surface area contributed by atoms with Crippen LogP contribution in [0.15, 0.2) is 36.0 Å². The fourth-order valence-electron chi connectivity index (χ4n) is 0.814. The van der Waals surface area contributed by atoms with Gasteiger partial charge in [-0.15, -0.1) is 0 Å². The van der Waals surface area contributed by atoms with Crippen LogP contribution in [-0.2, 0) is 19.1 Å². The van der Waals surface area contributed by atoms with Crippen LogP contribution in [0.4, 0.5) is 0 Å². The van der Waals surface area contributed by atoms with Gasteiger partial charge in [0.05, 0.1) is 7.11 Å². The summed E-state index contributed by atoms with van der Waals surface area (Å²) in [6.07, 6.45) is 8.25. The third-order valence-electron chi connectivity index (χ3n) is 1.60. The Morgan fingerprint density at radius 2 is 1.94 bits per heavy atom. The lowest BCUT2D eigenvalue weighted by Gasteiger charge is -1.99. The zero-order valence-electron chi connectivity index (χ0n) is 9.73. The first kappa shape index (κ1) is 14.2. The van der Waals surface area contributed by atoms with Crippen molar-refractivity contribution in [3.8, 4) is 0 Å². The van der Waals surface area contributed by atoms with Gasteiger partial charge in [0.2, 0.25) is 0 Å². The molecule has 0 aromatic carbocycles. The highest BCUT2D eigenvalue weighted by atomic mass is 16.5. The Morgan fingerprint density at radius 1 is 1.25 bits per heavy atom. The fourth-order valence-corrected chi connectivity index (χ4v) is 0.814. The molecule has 0 bridgehead atoms. The summed E-state index contributed by atoms with van der Waals surface area (Å²) in [5.74, 6) is -1.10. The van der Waals surface area contributed by atoms with Crippen LogP contribution in [0.3, 0.4) is 0 Å². The molecule has 4 heteroatoms. The van der Waals surface area contributed by atoms with Gasteiger partial charge in [0.15, 0.2) is 0 Å². The molecule has 0 atom stereocenters. The summed E-state index contributed by atoms with van der Waals surface area (Å²) >= 11 is 0. The average Bonchev–Trinajstić information content (AvgIpc) is 2.27. The molecule has 0 aliphatic heterocycles. The smallest absolute Gasteiger partial charge is 0.333 e. The second-order valence-corrected chi connectivity index (χ2v) is 2.90. The van der Waals surface area contributed by atoms with E-state index >= 15 is 0 Å². The number of methoxy groups -OCH3 is 1. The van der Waals surface area contributed by atoms with Crippen molar-refractivity contribution >= 4 is 11.9 Å². The van der Waals surface area contributed by atoms with Gasteiger partial charge in [-0.05, 0) is 19.9 Å². The first-order chi connectivity index (χ1) is 7.61. The third-order valence-corrected chi connectivity index (χ3v) is 1.60. The minimum atomic E-state index is -0.562. The molecule has 0 saturated heterocycles. The molecule has 0 N–H and O–H groups in total. The third kappa shape index (κ3) is 6.59. The van der Waals surface area contributed by atoms with E-state index in [1.807, 2.05) is 19.1 Å². The molecule has 0 aliphatic rings. The Bertz CT molecular complexity index is 324. The number of carbonyl (C=O) groups is 2. The average molecular weight is 224 g/mol. The molecule has 0 aliphatic carbocycles. The van der Waals surface area contributed by atoms with Crippen LogP contribution >= 0.6 is 0 Å². The summed E-state index contributed by atoms with van der Waals surface area (Å²) in [5, 5.41) is 0. The van der Waals surface area contributed by atoms with Gasteiger partial charge in [-0.2, -0.15) is 0 Å². The topological polar surface area (TPSA) is 52.6 Å². The van der Waals surface area contributed by atoms with Crippen LogP contribution < -0.4 is 0 Å². The molecule has 16 heavy (non-hydrogen) atoms. The zero-order valence-corrected chi connectivity index (χ0v) is 9.73. The van der Waals surface area contributed by atoms with Crippen LogP contribution in [0.5, 0.6) is 0 Å². The summed E-state index contributed by atoms with van der Waals surface area (Å²) in [6.45, 7) is 3.55. The molecule has 0 saturated carbocycles. The maximum Gasteiger partial charge on any atom is 0.333 e. The van der Waals surface area contributed by atoms with Crippen molar-refractivity contribution in [1.29, 1.82) is 0 Å².